The van der Waals surface area contributed by atoms with Gasteiger partial charge in [0.05, 0.1) is 18.0 Å². The highest BCUT2D eigenvalue weighted by atomic mass is 35.5. The van der Waals surface area contributed by atoms with Gasteiger partial charge in [-0.05, 0) is 36.6 Å². The summed E-state index contributed by atoms with van der Waals surface area (Å²) in [5, 5.41) is 3.36. The molecule has 0 saturated carbocycles. The number of sulfonamides is 1. The van der Waals surface area contributed by atoms with Gasteiger partial charge < -0.3 is 5.32 Å². The maximum absolute atomic E-state index is 12.6. The molecule has 0 heterocycles. The molecule has 0 radical (unpaired) electrons. The first-order chi connectivity index (χ1) is 12.2. The van der Waals surface area contributed by atoms with Crippen LogP contribution in [0.25, 0.3) is 0 Å². The molecule has 0 aliphatic carbocycles. The van der Waals surface area contributed by atoms with Crippen molar-refractivity contribution in [3.05, 3.63) is 64.7 Å². The van der Waals surface area contributed by atoms with Crippen molar-refractivity contribution in [3.8, 4) is 0 Å². The fourth-order valence-electron chi connectivity index (χ4n) is 2.72. The number of rotatable bonds is 7. The molecule has 26 heavy (non-hydrogen) atoms. The van der Waals surface area contributed by atoms with Crippen molar-refractivity contribution < 1.29 is 13.2 Å². The average Bonchev–Trinajstić information content (AvgIpc) is 2.60. The molecule has 0 saturated heterocycles. The Morgan fingerprint density at radius 3 is 2.38 bits per heavy atom. The first-order valence-electron chi connectivity index (χ1n) is 8.31. The third-order valence-electron chi connectivity index (χ3n) is 4.14. The summed E-state index contributed by atoms with van der Waals surface area (Å²) < 4.78 is 25.6. The highest BCUT2D eigenvalue weighted by molar-refractivity contribution is 7.92. The monoisotopic (exact) mass is 394 g/mol. The van der Waals surface area contributed by atoms with Gasteiger partial charge in [0.1, 0.15) is 6.54 Å². The average molecular weight is 395 g/mol. The van der Waals surface area contributed by atoms with Crippen LogP contribution in [0.2, 0.25) is 5.02 Å². The third kappa shape index (κ3) is 4.99. The van der Waals surface area contributed by atoms with Gasteiger partial charge in [0.2, 0.25) is 15.9 Å². The minimum atomic E-state index is -3.65. The van der Waals surface area contributed by atoms with E-state index in [0.29, 0.717) is 22.7 Å². The van der Waals surface area contributed by atoms with E-state index in [0.717, 1.165) is 16.1 Å². The Bertz CT molecular complexity index is 870. The minimum Gasteiger partial charge on any atom is -0.348 e. The zero-order chi connectivity index (χ0) is 19.3. The summed E-state index contributed by atoms with van der Waals surface area (Å²) in [5.74, 6) is -0.370. The Morgan fingerprint density at radius 2 is 1.81 bits per heavy atom. The van der Waals surface area contributed by atoms with Gasteiger partial charge in [-0.15, -0.1) is 0 Å². The van der Waals surface area contributed by atoms with Crippen LogP contribution in [0, 0.1) is 6.92 Å². The van der Waals surface area contributed by atoms with Crippen molar-refractivity contribution in [2.24, 2.45) is 0 Å². The van der Waals surface area contributed by atoms with Crippen LogP contribution in [0.1, 0.15) is 30.5 Å². The molecule has 1 N–H and O–H groups in total. The maximum atomic E-state index is 12.6. The van der Waals surface area contributed by atoms with Crippen LogP contribution in [0.5, 0.6) is 0 Å². The third-order valence-corrected chi connectivity index (χ3v) is 5.68. The lowest BCUT2D eigenvalue weighted by Crippen LogP contribution is -2.41. The van der Waals surface area contributed by atoms with Crippen molar-refractivity contribution in [1.82, 2.24) is 5.32 Å². The van der Waals surface area contributed by atoms with Crippen LogP contribution in [-0.2, 0) is 14.8 Å². The lowest BCUT2D eigenvalue weighted by atomic mass is 10.0. The highest BCUT2D eigenvalue weighted by Crippen LogP contribution is 2.28. The summed E-state index contributed by atoms with van der Waals surface area (Å²) in [5.41, 5.74) is 2.00. The summed E-state index contributed by atoms with van der Waals surface area (Å²) in [6, 6.07) is 14.4. The van der Waals surface area contributed by atoms with Gasteiger partial charge in [-0.3, -0.25) is 9.10 Å². The fraction of sp³-hybridized carbons (Fsp3) is 0.316. The molecule has 0 fully saturated rings. The van der Waals surface area contributed by atoms with E-state index in [1.165, 1.54) is 0 Å². The largest absolute Gasteiger partial charge is 0.348 e. The van der Waals surface area contributed by atoms with Crippen molar-refractivity contribution in [2.75, 3.05) is 17.1 Å². The second-order valence-corrected chi connectivity index (χ2v) is 8.41. The van der Waals surface area contributed by atoms with Gasteiger partial charge in [0.25, 0.3) is 0 Å². The standard InChI is InChI=1S/C19H23ClN2O3S/c1-4-17(15-9-6-5-7-10-15)21-19(23)13-22(26(3,24)25)18-12-8-11-16(20)14(18)2/h5-12,17H,4,13H2,1-3H3,(H,21,23)/t17-/m0/s1. The molecule has 7 heteroatoms. The van der Waals surface area contributed by atoms with E-state index in [2.05, 4.69) is 5.32 Å². The molecule has 2 aromatic rings. The zero-order valence-corrected chi connectivity index (χ0v) is 16.6. The van der Waals surface area contributed by atoms with E-state index in [4.69, 9.17) is 11.6 Å². The van der Waals surface area contributed by atoms with E-state index in [-0.39, 0.29) is 18.5 Å². The van der Waals surface area contributed by atoms with Crippen molar-refractivity contribution in [3.63, 3.8) is 0 Å². The zero-order valence-electron chi connectivity index (χ0n) is 15.1. The number of anilines is 1. The van der Waals surface area contributed by atoms with Crippen molar-refractivity contribution in [2.45, 2.75) is 26.3 Å². The van der Waals surface area contributed by atoms with E-state index in [1.54, 1.807) is 25.1 Å². The first kappa shape index (κ1) is 20.3. The number of benzene rings is 2. The molecule has 0 bridgehead atoms. The molecule has 0 unspecified atom stereocenters. The van der Waals surface area contributed by atoms with Crippen LogP contribution in [0.3, 0.4) is 0 Å². The van der Waals surface area contributed by atoms with Gasteiger partial charge in [-0.1, -0.05) is 54.9 Å². The van der Waals surface area contributed by atoms with Gasteiger partial charge >= 0.3 is 0 Å². The van der Waals surface area contributed by atoms with Crippen LogP contribution in [0.15, 0.2) is 48.5 Å². The number of nitrogens with zero attached hydrogens (tertiary/aromatic N) is 1. The number of hydrogen-bond acceptors (Lipinski definition) is 3. The molecular formula is C19H23ClN2O3S. The van der Waals surface area contributed by atoms with Crippen molar-refractivity contribution in [1.29, 1.82) is 0 Å². The summed E-state index contributed by atoms with van der Waals surface area (Å²) >= 11 is 6.11. The molecular weight excluding hydrogens is 372 g/mol. The number of hydrogen-bond donors (Lipinski definition) is 1. The molecule has 1 amide bonds. The molecule has 140 valence electrons. The molecule has 5 nitrogen and oxygen atoms in total. The quantitative estimate of drug-likeness (QED) is 0.778. The van der Waals surface area contributed by atoms with E-state index < -0.39 is 10.0 Å². The van der Waals surface area contributed by atoms with E-state index in [9.17, 15) is 13.2 Å². The molecule has 0 aromatic heterocycles. The van der Waals surface area contributed by atoms with Crippen LogP contribution >= 0.6 is 11.6 Å². The molecule has 0 aliphatic rings. The molecule has 0 spiro atoms. The van der Waals surface area contributed by atoms with E-state index >= 15 is 0 Å². The predicted molar refractivity (Wildman–Crippen MR) is 106 cm³/mol. The van der Waals surface area contributed by atoms with Crippen LogP contribution < -0.4 is 9.62 Å². The smallest absolute Gasteiger partial charge is 0.241 e. The fourth-order valence-corrected chi connectivity index (χ4v) is 3.80. The Kier molecular flexibility index (Phi) is 6.67. The topological polar surface area (TPSA) is 66.5 Å². The van der Waals surface area contributed by atoms with Gasteiger partial charge in [0.15, 0.2) is 0 Å². The molecule has 2 rings (SSSR count). The molecule has 0 aliphatic heterocycles. The van der Waals surface area contributed by atoms with Gasteiger partial charge in [-0.2, -0.15) is 0 Å². The Morgan fingerprint density at radius 1 is 1.15 bits per heavy atom. The summed E-state index contributed by atoms with van der Waals surface area (Å²) in [6.45, 7) is 3.39. The summed E-state index contributed by atoms with van der Waals surface area (Å²) in [4.78, 5) is 12.6. The number of carbonyl (C=O) groups excluding carboxylic acids is 1. The number of carbonyl (C=O) groups is 1. The van der Waals surface area contributed by atoms with Gasteiger partial charge in [0, 0.05) is 5.02 Å². The first-order valence-corrected chi connectivity index (χ1v) is 10.5. The second-order valence-electron chi connectivity index (χ2n) is 6.09. The van der Waals surface area contributed by atoms with Crippen LogP contribution in [0.4, 0.5) is 5.69 Å². The maximum Gasteiger partial charge on any atom is 0.241 e. The Balaban J connectivity index is 2.24. The number of nitrogens with one attached hydrogen (secondary N) is 1. The van der Waals surface area contributed by atoms with E-state index in [1.807, 2.05) is 37.3 Å². The molecule has 2 aromatic carbocycles. The number of halogens is 1. The van der Waals surface area contributed by atoms with Crippen molar-refractivity contribution >= 4 is 33.2 Å². The second kappa shape index (κ2) is 8.56. The SMILES string of the molecule is CC[C@H](NC(=O)CN(c1cccc(Cl)c1C)S(C)(=O)=O)c1ccccc1. The minimum absolute atomic E-state index is 0.175. The Hall–Kier alpha value is -2.05. The lowest BCUT2D eigenvalue weighted by Gasteiger charge is -2.25. The number of amides is 1. The highest BCUT2D eigenvalue weighted by Gasteiger charge is 2.24. The Labute approximate surface area is 160 Å². The lowest BCUT2D eigenvalue weighted by molar-refractivity contribution is -0.120. The predicted octanol–water partition coefficient (Wildman–Crippen LogP) is 3.68. The normalized spacial score (nSPS) is 12.5. The summed E-state index contributed by atoms with van der Waals surface area (Å²) in [7, 11) is -3.65. The molecule has 1 atom stereocenters. The summed E-state index contributed by atoms with van der Waals surface area (Å²) in [6.07, 6.45) is 1.78. The van der Waals surface area contributed by atoms with Crippen LogP contribution in [-0.4, -0.2) is 27.1 Å². The van der Waals surface area contributed by atoms with Gasteiger partial charge in [-0.25, -0.2) is 8.42 Å².